The van der Waals surface area contributed by atoms with Gasteiger partial charge in [0.05, 0.1) is 28.3 Å². The summed E-state index contributed by atoms with van der Waals surface area (Å²) < 4.78 is 17.3. The van der Waals surface area contributed by atoms with Crippen molar-refractivity contribution in [3.05, 3.63) is 62.7 Å². The molecule has 1 aliphatic heterocycles. The highest BCUT2D eigenvalue weighted by Crippen LogP contribution is 2.38. The van der Waals surface area contributed by atoms with Crippen molar-refractivity contribution in [1.29, 1.82) is 0 Å². The summed E-state index contributed by atoms with van der Waals surface area (Å²) in [5, 5.41) is 0.466. The molecule has 0 N–H and O–H groups in total. The predicted molar refractivity (Wildman–Crippen MR) is 109 cm³/mol. The van der Waals surface area contributed by atoms with Crippen molar-refractivity contribution in [1.82, 2.24) is 0 Å². The van der Waals surface area contributed by atoms with Crippen LogP contribution < -0.4 is 9.47 Å². The van der Waals surface area contributed by atoms with Gasteiger partial charge in [-0.15, -0.1) is 0 Å². The molecule has 0 unspecified atom stereocenters. The van der Waals surface area contributed by atoms with Crippen molar-refractivity contribution in [3.63, 3.8) is 0 Å². The van der Waals surface area contributed by atoms with Gasteiger partial charge in [-0.25, -0.2) is 9.79 Å². The first-order valence-corrected chi connectivity index (χ1v) is 9.57. The predicted octanol–water partition coefficient (Wildman–Crippen LogP) is 5.24. The Kier molecular flexibility index (Phi) is 6.19. The van der Waals surface area contributed by atoms with E-state index in [9.17, 15) is 4.79 Å². The van der Waals surface area contributed by atoms with Crippen LogP contribution in [-0.4, -0.2) is 25.1 Å². The van der Waals surface area contributed by atoms with Gasteiger partial charge in [0, 0.05) is 0 Å². The van der Waals surface area contributed by atoms with E-state index in [1.807, 2.05) is 19.9 Å². The number of ether oxygens (including phenoxy) is 3. The average molecular weight is 451 g/mol. The lowest BCUT2D eigenvalue weighted by atomic mass is 10.1. The highest BCUT2D eigenvalue weighted by molar-refractivity contribution is 9.10. The summed E-state index contributed by atoms with van der Waals surface area (Å²) in [6.45, 7) is 4.79. The summed E-state index contributed by atoms with van der Waals surface area (Å²) in [5.74, 6) is 0.859. The van der Waals surface area contributed by atoms with Crippen molar-refractivity contribution in [2.24, 2.45) is 4.99 Å². The lowest BCUT2D eigenvalue weighted by Crippen LogP contribution is -2.05. The molecule has 0 saturated carbocycles. The maximum atomic E-state index is 12.2. The van der Waals surface area contributed by atoms with E-state index in [1.54, 1.807) is 36.4 Å². The van der Waals surface area contributed by atoms with E-state index in [1.165, 1.54) is 0 Å². The molecule has 27 heavy (non-hydrogen) atoms. The van der Waals surface area contributed by atoms with Crippen molar-refractivity contribution < 1.29 is 19.0 Å². The molecule has 0 radical (unpaired) electrons. The van der Waals surface area contributed by atoms with Gasteiger partial charge < -0.3 is 14.2 Å². The topological polar surface area (TPSA) is 57.1 Å². The standard InChI is InChI=1S/C20H17BrClNO4/c1-3-25-17-11-12(9-14(21)18(17)26-4-2)10-16-20(24)27-19(23-16)13-7-5-6-8-15(13)22/h5-11H,3-4H2,1-2H3/b16-10-. The normalized spacial score (nSPS) is 14.9. The minimum atomic E-state index is -0.534. The van der Waals surface area contributed by atoms with E-state index >= 15 is 0 Å². The maximum absolute atomic E-state index is 12.2. The average Bonchev–Trinajstić information content (AvgIpc) is 2.99. The summed E-state index contributed by atoms with van der Waals surface area (Å²) in [6.07, 6.45) is 1.63. The summed E-state index contributed by atoms with van der Waals surface area (Å²) >= 11 is 9.64. The van der Waals surface area contributed by atoms with Crippen molar-refractivity contribution in [2.75, 3.05) is 13.2 Å². The monoisotopic (exact) mass is 449 g/mol. The molecular formula is C20H17BrClNO4. The number of aliphatic imine (C=N–C) groups is 1. The Labute approximate surface area is 170 Å². The first kappa shape index (κ1) is 19.5. The van der Waals surface area contributed by atoms with Gasteiger partial charge >= 0.3 is 5.97 Å². The molecule has 0 aliphatic carbocycles. The number of rotatable bonds is 6. The fraction of sp³-hybridized carbons (Fsp3) is 0.200. The van der Waals surface area contributed by atoms with Gasteiger partial charge in [-0.2, -0.15) is 0 Å². The minimum absolute atomic E-state index is 0.184. The van der Waals surface area contributed by atoms with Crippen LogP contribution in [0.4, 0.5) is 0 Å². The number of carbonyl (C=O) groups is 1. The molecule has 0 spiro atoms. The van der Waals surface area contributed by atoms with Crippen molar-refractivity contribution >= 4 is 45.5 Å². The molecular weight excluding hydrogens is 434 g/mol. The van der Waals surface area contributed by atoms with Crippen molar-refractivity contribution in [3.8, 4) is 11.5 Å². The molecule has 1 aliphatic rings. The highest BCUT2D eigenvalue weighted by Gasteiger charge is 2.25. The highest BCUT2D eigenvalue weighted by atomic mass is 79.9. The lowest BCUT2D eigenvalue weighted by molar-refractivity contribution is -0.129. The third-order valence-electron chi connectivity index (χ3n) is 3.65. The van der Waals surface area contributed by atoms with E-state index in [0.29, 0.717) is 35.3 Å². The number of benzene rings is 2. The lowest BCUT2D eigenvalue weighted by Gasteiger charge is -2.13. The number of carbonyl (C=O) groups excluding carboxylic acids is 1. The smallest absolute Gasteiger partial charge is 0.363 e. The second-order valence-electron chi connectivity index (χ2n) is 5.51. The SMILES string of the molecule is CCOc1cc(/C=C2\N=C(c3ccccc3Cl)OC2=O)cc(Br)c1OCC. The molecule has 2 aromatic rings. The van der Waals surface area contributed by atoms with E-state index in [-0.39, 0.29) is 11.6 Å². The summed E-state index contributed by atoms with van der Waals surface area (Å²) in [4.78, 5) is 16.5. The second-order valence-corrected chi connectivity index (χ2v) is 6.77. The Morgan fingerprint density at radius 3 is 2.63 bits per heavy atom. The Morgan fingerprint density at radius 2 is 1.93 bits per heavy atom. The van der Waals surface area contributed by atoms with E-state index < -0.39 is 5.97 Å². The molecule has 7 heteroatoms. The van der Waals surface area contributed by atoms with E-state index in [4.69, 9.17) is 25.8 Å². The summed E-state index contributed by atoms with van der Waals surface area (Å²) in [7, 11) is 0. The van der Waals surface area contributed by atoms with Gasteiger partial charge in [0.25, 0.3) is 0 Å². The van der Waals surface area contributed by atoms with Crippen LogP contribution in [0.2, 0.25) is 5.02 Å². The first-order chi connectivity index (χ1) is 13.0. The van der Waals surface area contributed by atoms with Gasteiger partial charge in [-0.05, 0) is 65.7 Å². The quantitative estimate of drug-likeness (QED) is 0.446. The number of hydrogen-bond donors (Lipinski definition) is 0. The van der Waals surface area contributed by atoms with Crippen molar-refractivity contribution in [2.45, 2.75) is 13.8 Å². The Balaban J connectivity index is 1.98. The van der Waals surface area contributed by atoms with Crippen LogP contribution in [-0.2, 0) is 9.53 Å². The molecule has 0 atom stereocenters. The third kappa shape index (κ3) is 4.34. The Morgan fingerprint density at radius 1 is 1.19 bits per heavy atom. The van der Waals surface area contributed by atoms with Gasteiger partial charge in [0.1, 0.15) is 0 Å². The summed E-state index contributed by atoms with van der Waals surface area (Å²) in [6, 6.07) is 10.7. The number of esters is 1. The third-order valence-corrected chi connectivity index (χ3v) is 4.57. The molecule has 0 amide bonds. The van der Waals surface area contributed by atoms with Crippen LogP contribution in [0.15, 0.2) is 51.6 Å². The molecule has 1 heterocycles. The first-order valence-electron chi connectivity index (χ1n) is 8.40. The zero-order valence-electron chi connectivity index (χ0n) is 14.8. The minimum Gasteiger partial charge on any atom is -0.490 e. The van der Waals surface area contributed by atoms with Gasteiger partial charge in [0.15, 0.2) is 17.2 Å². The van der Waals surface area contributed by atoms with Crippen LogP contribution in [0.3, 0.4) is 0 Å². The fourth-order valence-corrected chi connectivity index (χ4v) is 3.33. The second kappa shape index (κ2) is 8.59. The van der Waals surface area contributed by atoms with Gasteiger partial charge in [-0.3, -0.25) is 0 Å². The Bertz CT molecular complexity index is 940. The number of halogens is 2. The maximum Gasteiger partial charge on any atom is 0.363 e. The zero-order valence-corrected chi connectivity index (χ0v) is 17.1. The van der Waals surface area contributed by atoms with Gasteiger partial charge in [-0.1, -0.05) is 23.7 Å². The molecule has 0 bridgehead atoms. The molecule has 140 valence electrons. The molecule has 3 rings (SSSR count). The number of cyclic esters (lactones) is 1. The van der Waals surface area contributed by atoms with Gasteiger partial charge in [0.2, 0.25) is 5.90 Å². The van der Waals surface area contributed by atoms with Crippen LogP contribution in [0, 0.1) is 0 Å². The van der Waals surface area contributed by atoms with Crippen LogP contribution >= 0.6 is 27.5 Å². The largest absolute Gasteiger partial charge is 0.490 e. The molecule has 5 nitrogen and oxygen atoms in total. The fourth-order valence-electron chi connectivity index (χ4n) is 2.54. The summed E-state index contributed by atoms with van der Waals surface area (Å²) in [5.41, 5.74) is 1.48. The number of nitrogens with zero attached hydrogens (tertiary/aromatic N) is 1. The Hall–Kier alpha value is -2.31. The molecule has 2 aromatic carbocycles. The van der Waals surface area contributed by atoms with Crippen LogP contribution in [0.1, 0.15) is 25.0 Å². The van der Waals surface area contributed by atoms with Crippen LogP contribution in [0.5, 0.6) is 11.5 Å². The molecule has 0 aromatic heterocycles. The number of hydrogen-bond acceptors (Lipinski definition) is 5. The van der Waals surface area contributed by atoms with Crippen LogP contribution in [0.25, 0.3) is 6.08 Å². The molecule has 0 fully saturated rings. The molecule has 0 saturated heterocycles. The van der Waals surface area contributed by atoms with E-state index in [0.717, 1.165) is 10.0 Å². The zero-order chi connectivity index (χ0) is 19.4. The van der Waals surface area contributed by atoms with E-state index in [2.05, 4.69) is 20.9 Å².